The standard InChI is InChI=1S/C27H29NO7/c1-5-11-34-21-9-6-17(15-22(21)33-4)24-23(26(30)27(31)28(24)10-12-32-3)25(29)18-7-8-20-19(14-18)13-16(2)35-20/h5-9,14-16,24,29H,1,10-13H2,2-4H3/t16-,24-/m1/s1. The molecule has 2 aliphatic rings. The van der Waals surface area contributed by atoms with Crippen LogP contribution in [0.5, 0.6) is 17.2 Å². The fraction of sp³-hybridized carbons (Fsp3) is 0.333. The lowest BCUT2D eigenvalue weighted by molar-refractivity contribution is -0.140. The van der Waals surface area contributed by atoms with Gasteiger partial charge >= 0.3 is 0 Å². The molecule has 2 aliphatic heterocycles. The molecule has 1 amide bonds. The minimum atomic E-state index is -0.823. The predicted molar refractivity (Wildman–Crippen MR) is 130 cm³/mol. The van der Waals surface area contributed by atoms with Gasteiger partial charge in [0.15, 0.2) is 11.5 Å². The summed E-state index contributed by atoms with van der Waals surface area (Å²) in [6.45, 7) is 6.32. The Morgan fingerprint density at radius 2 is 2.00 bits per heavy atom. The lowest BCUT2D eigenvalue weighted by atomic mass is 9.94. The number of likely N-dealkylation sites (tertiary alicyclic amines) is 1. The van der Waals surface area contributed by atoms with Crippen LogP contribution in [-0.4, -0.2) is 61.8 Å². The molecule has 8 nitrogen and oxygen atoms in total. The summed E-state index contributed by atoms with van der Waals surface area (Å²) in [5.41, 5.74) is 2.01. The lowest BCUT2D eigenvalue weighted by Gasteiger charge is -2.25. The van der Waals surface area contributed by atoms with E-state index in [-0.39, 0.29) is 30.6 Å². The minimum Gasteiger partial charge on any atom is -0.507 e. The molecular formula is C27H29NO7. The number of fused-ring (bicyclic) bond motifs is 1. The van der Waals surface area contributed by atoms with Gasteiger partial charge < -0.3 is 29.0 Å². The Kier molecular flexibility index (Phi) is 7.12. The van der Waals surface area contributed by atoms with Gasteiger partial charge in [-0.15, -0.1) is 0 Å². The molecule has 184 valence electrons. The van der Waals surface area contributed by atoms with Crippen molar-refractivity contribution in [2.75, 3.05) is 34.0 Å². The first kappa shape index (κ1) is 24.3. The highest BCUT2D eigenvalue weighted by molar-refractivity contribution is 6.46. The van der Waals surface area contributed by atoms with E-state index in [1.807, 2.05) is 6.92 Å². The highest BCUT2D eigenvalue weighted by Crippen LogP contribution is 2.42. The van der Waals surface area contributed by atoms with Crippen molar-refractivity contribution in [2.45, 2.75) is 25.5 Å². The van der Waals surface area contributed by atoms with Gasteiger partial charge in [-0.1, -0.05) is 18.7 Å². The van der Waals surface area contributed by atoms with E-state index in [9.17, 15) is 14.7 Å². The molecule has 1 N–H and O–H groups in total. The average molecular weight is 480 g/mol. The van der Waals surface area contributed by atoms with Gasteiger partial charge in [0.05, 0.1) is 25.3 Å². The van der Waals surface area contributed by atoms with Gasteiger partial charge in [0, 0.05) is 25.6 Å². The summed E-state index contributed by atoms with van der Waals surface area (Å²) in [5.74, 6) is 0.00739. The lowest BCUT2D eigenvalue weighted by Crippen LogP contribution is -2.32. The third kappa shape index (κ3) is 4.61. The number of rotatable bonds is 9. The zero-order valence-electron chi connectivity index (χ0n) is 20.1. The van der Waals surface area contributed by atoms with Crippen LogP contribution in [0.1, 0.15) is 29.7 Å². The van der Waals surface area contributed by atoms with E-state index in [1.54, 1.807) is 42.5 Å². The highest BCUT2D eigenvalue weighted by atomic mass is 16.5. The van der Waals surface area contributed by atoms with Crippen LogP contribution < -0.4 is 14.2 Å². The summed E-state index contributed by atoms with van der Waals surface area (Å²) < 4.78 is 22.0. The zero-order chi connectivity index (χ0) is 25.1. The highest BCUT2D eigenvalue weighted by Gasteiger charge is 2.46. The Bertz CT molecular complexity index is 1190. The summed E-state index contributed by atoms with van der Waals surface area (Å²) >= 11 is 0. The molecule has 1 fully saturated rings. The first-order valence-corrected chi connectivity index (χ1v) is 11.4. The van der Waals surface area contributed by atoms with Crippen LogP contribution in [0.4, 0.5) is 0 Å². The Morgan fingerprint density at radius 1 is 1.20 bits per heavy atom. The molecule has 1 saturated heterocycles. The zero-order valence-corrected chi connectivity index (χ0v) is 20.1. The summed E-state index contributed by atoms with van der Waals surface area (Å²) in [6, 6.07) is 9.62. The number of ketones is 1. The van der Waals surface area contributed by atoms with Crippen molar-refractivity contribution in [1.82, 2.24) is 4.90 Å². The molecule has 2 heterocycles. The first-order chi connectivity index (χ1) is 16.9. The van der Waals surface area contributed by atoms with Crippen LogP contribution in [0.3, 0.4) is 0 Å². The van der Waals surface area contributed by atoms with E-state index >= 15 is 0 Å². The van der Waals surface area contributed by atoms with Gasteiger partial charge in [0.2, 0.25) is 0 Å². The fourth-order valence-corrected chi connectivity index (χ4v) is 4.49. The number of aliphatic hydroxyl groups excluding tert-OH is 1. The normalized spacial score (nSPS) is 20.5. The van der Waals surface area contributed by atoms with Crippen molar-refractivity contribution in [3.05, 3.63) is 71.3 Å². The number of hydrogen-bond acceptors (Lipinski definition) is 7. The number of ether oxygens (including phenoxy) is 4. The maximum absolute atomic E-state index is 13.2. The molecule has 0 spiro atoms. The maximum Gasteiger partial charge on any atom is 0.295 e. The monoisotopic (exact) mass is 479 g/mol. The van der Waals surface area contributed by atoms with Crippen LogP contribution in [0.15, 0.2) is 54.6 Å². The van der Waals surface area contributed by atoms with E-state index in [0.717, 1.165) is 11.3 Å². The summed E-state index contributed by atoms with van der Waals surface area (Å²) in [7, 11) is 3.03. The average Bonchev–Trinajstić information content (AvgIpc) is 3.36. The number of nitrogens with zero attached hydrogens (tertiary/aromatic N) is 1. The molecule has 0 bridgehead atoms. The molecule has 4 rings (SSSR count). The topological polar surface area (TPSA) is 94.5 Å². The molecule has 2 atom stereocenters. The number of benzene rings is 2. The SMILES string of the molecule is C=CCOc1ccc([C@@H]2C(=C(O)c3ccc4c(c3)C[C@@H](C)O4)C(=O)C(=O)N2CCOC)cc1OC. The second kappa shape index (κ2) is 10.2. The van der Waals surface area contributed by atoms with Crippen LogP contribution in [0.25, 0.3) is 5.76 Å². The van der Waals surface area contributed by atoms with E-state index in [0.29, 0.717) is 35.7 Å². The van der Waals surface area contributed by atoms with Gasteiger partial charge in [-0.3, -0.25) is 9.59 Å². The van der Waals surface area contributed by atoms with Gasteiger partial charge in [-0.2, -0.15) is 0 Å². The summed E-state index contributed by atoms with van der Waals surface area (Å²) in [6.07, 6.45) is 2.36. The molecule has 35 heavy (non-hydrogen) atoms. The van der Waals surface area contributed by atoms with Crippen molar-refractivity contribution >= 4 is 17.4 Å². The van der Waals surface area contributed by atoms with E-state index in [2.05, 4.69) is 6.58 Å². The number of hydrogen-bond donors (Lipinski definition) is 1. The van der Waals surface area contributed by atoms with Gasteiger partial charge in [0.1, 0.15) is 24.2 Å². The third-order valence-electron chi connectivity index (χ3n) is 6.11. The molecule has 0 radical (unpaired) electrons. The van der Waals surface area contributed by atoms with Gasteiger partial charge in [-0.25, -0.2) is 0 Å². The molecule has 0 saturated carbocycles. The summed E-state index contributed by atoms with van der Waals surface area (Å²) in [4.78, 5) is 27.6. The predicted octanol–water partition coefficient (Wildman–Crippen LogP) is 3.65. The van der Waals surface area contributed by atoms with E-state index < -0.39 is 17.7 Å². The van der Waals surface area contributed by atoms with Gasteiger partial charge in [-0.05, 0) is 48.4 Å². The number of amides is 1. The number of carbonyl (C=O) groups excluding carboxylic acids is 2. The fourth-order valence-electron chi connectivity index (χ4n) is 4.49. The molecule has 2 aromatic rings. The summed E-state index contributed by atoms with van der Waals surface area (Å²) in [5, 5.41) is 11.3. The second-order valence-corrected chi connectivity index (χ2v) is 8.45. The largest absolute Gasteiger partial charge is 0.507 e. The Hall–Kier alpha value is -3.78. The second-order valence-electron chi connectivity index (χ2n) is 8.45. The van der Waals surface area contributed by atoms with Crippen molar-refractivity contribution in [1.29, 1.82) is 0 Å². The number of methoxy groups -OCH3 is 2. The Morgan fingerprint density at radius 3 is 2.71 bits per heavy atom. The van der Waals surface area contributed by atoms with Gasteiger partial charge in [0.25, 0.3) is 11.7 Å². The molecule has 0 aliphatic carbocycles. The van der Waals surface area contributed by atoms with Crippen LogP contribution in [0.2, 0.25) is 0 Å². The number of aliphatic hydroxyl groups is 1. The molecular weight excluding hydrogens is 450 g/mol. The smallest absolute Gasteiger partial charge is 0.295 e. The minimum absolute atomic E-state index is 0.0137. The van der Waals surface area contributed by atoms with E-state index in [1.165, 1.54) is 19.1 Å². The number of Topliss-reactive ketones (excluding diaryl/α,β-unsaturated/α-hetero) is 1. The molecule has 2 aromatic carbocycles. The Labute approximate surface area is 204 Å². The van der Waals surface area contributed by atoms with Crippen molar-refractivity contribution in [3.8, 4) is 17.2 Å². The quantitative estimate of drug-likeness (QED) is 0.254. The first-order valence-electron chi connectivity index (χ1n) is 11.4. The maximum atomic E-state index is 13.2. The molecule has 0 unspecified atom stereocenters. The molecule has 8 heteroatoms. The van der Waals surface area contributed by atoms with Crippen molar-refractivity contribution < 1.29 is 33.6 Å². The number of carbonyl (C=O) groups is 2. The molecule has 0 aromatic heterocycles. The van der Waals surface area contributed by atoms with Crippen LogP contribution in [0, 0.1) is 0 Å². The Balaban J connectivity index is 1.82. The van der Waals surface area contributed by atoms with Crippen LogP contribution in [-0.2, 0) is 20.7 Å². The third-order valence-corrected chi connectivity index (χ3v) is 6.11. The van der Waals surface area contributed by atoms with Crippen LogP contribution >= 0.6 is 0 Å². The van der Waals surface area contributed by atoms with E-state index in [4.69, 9.17) is 18.9 Å². The van der Waals surface area contributed by atoms with Crippen molar-refractivity contribution in [2.24, 2.45) is 0 Å². The van der Waals surface area contributed by atoms with Crippen molar-refractivity contribution in [3.63, 3.8) is 0 Å².